The topological polar surface area (TPSA) is 66.9 Å². The second kappa shape index (κ2) is 7.49. The molecule has 26 heavy (non-hydrogen) atoms. The summed E-state index contributed by atoms with van der Waals surface area (Å²) in [7, 11) is 0. The van der Waals surface area contributed by atoms with Crippen molar-refractivity contribution in [1.29, 1.82) is 0 Å². The van der Waals surface area contributed by atoms with Crippen LogP contribution in [0.15, 0.2) is 30.3 Å². The van der Waals surface area contributed by atoms with E-state index in [1.54, 1.807) is 6.07 Å². The number of aromatic nitrogens is 2. The quantitative estimate of drug-likeness (QED) is 0.797. The molecule has 0 bridgehead atoms. The van der Waals surface area contributed by atoms with Gasteiger partial charge in [-0.1, -0.05) is 24.4 Å². The Bertz CT molecular complexity index is 790. The normalized spacial score (nSPS) is 15.1. The molecule has 1 heterocycles. The maximum Gasteiger partial charge on any atom is 0.418 e. The summed E-state index contributed by atoms with van der Waals surface area (Å²) in [4.78, 5) is 12.2. The monoisotopic (exact) mass is 384 g/mol. The first-order valence-corrected chi connectivity index (χ1v) is 8.49. The van der Waals surface area contributed by atoms with Crippen LogP contribution < -0.4 is 10.6 Å². The molecule has 1 aromatic heterocycles. The van der Waals surface area contributed by atoms with Crippen LogP contribution in [0.2, 0.25) is 5.02 Å². The largest absolute Gasteiger partial charge is 0.418 e. The van der Waals surface area contributed by atoms with Crippen molar-refractivity contribution < 1.29 is 18.0 Å². The van der Waals surface area contributed by atoms with E-state index in [1.165, 1.54) is 12.1 Å². The first-order valence-electron chi connectivity index (χ1n) is 8.11. The lowest BCUT2D eigenvalue weighted by Gasteiger charge is -2.14. The number of anilines is 2. The lowest BCUT2D eigenvalue weighted by molar-refractivity contribution is -0.136. The van der Waals surface area contributed by atoms with Crippen molar-refractivity contribution in [3.63, 3.8) is 0 Å². The molecule has 138 valence electrons. The van der Waals surface area contributed by atoms with Gasteiger partial charge in [-0.25, -0.2) is 0 Å². The highest BCUT2D eigenvalue weighted by Gasteiger charge is 2.34. The molecule has 1 aromatic carbocycles. The molecule has 1 amide bonds. The van der Waals surface area contributed by atoms with Crippen LogP contribution in [0.1, 0.15) is 41.7 Å². The molecule has 1 aliphatic rings. The van der Waals surface area contributed by atoms with Gasteiger partial charge in [-0.05, 0) is 43.2 Å². The van der Waals surface area contributed by atoms with E-state index < -0.39 is 17.6 Å². The van der Waals surface area contributed by atoms with Crippen LogP contribution in [-0.4, -0.2) is 22.1 Å². The van der Waals surface area contributed by atoms with Gasteiger partial charge in [0.15, 0.2) is 5.69 Å². The van der Waals surface area contributed by atoms with E-state index >= 15 is 0 Å². The van der Waals surface area contributed by atoms with Gasteiger partial charge in [0.1, 0.15) is 5.82 Å². The van der Waals surface area contributed by atoms with Crippen LogP contribution in [0.4, 0.5) is 24.7 Å². The molecule has 2 N–H and O–H groups in total. The number of nitrogens with zero attached hydrogens (tertiary/aromatic N) is 2. The van der Waals surface area contributed by atoms with Crippen molar-refractivity contribution in [1.82, 2.24) is 10.2 Å². The second-order valence-corrected chi connectivity index (χ2v) is 6.51. The Labute approximate surface area is 153 Å². The molecule has 3 rings (SSSR count). The van der Waals surface area contributed by atoms with Gasteiger partial charge in [0.05, 0.1) is 11.3 Å². The summed E-state index contributed by atoms with van der Waals surface area (Å²) in [6.07, 6.45) is -0.210. The summed E-state index contributed by atoms with van der Waals surface area (Å²) in [5.74, 6) is -0.242. The van der Waals surface area contributed by atoms with E-state index in [2.05, 4.69) is 20.8 Å². The Morgan fingerprint density at radius 3 is 2.46 bits per heavy atom. The maximum atomic E-state index is 13.1. The van der Waals surface area contributed by atoms with E-state index in [0.717, 1.165) is 37.8 Å². The zero-order valence-corrected chi connectivity index (χ0v) is 14.4. The Morgan fingerprint density at radius 1 is 1.12 bits per heavy atom. The van der Waals surface area contributed by atoms with Gasteiger partial charge in [0.2, 0.25) is 0 Å². The molecule has 0 radical (unpaired) electrons. The molecule has 1 aliphatic carbocycles. The smallest absolute Gasteiger partial charge is 0.366 e. The second-order valence-electron chi connectivity index (χ2n) is 6.07. The molecule has 0 aliphatic heterocycles. The van der Waals surface area contributed by atoms with E-state index in [4.69, 9.17) is 11.6 Å². The van der Waals surface area contributed by atoms with E-state index in [1.807, 2.05) is 0 Å². The molecule has 0 saturated heterocycles. The third-order valence-corrected chi connectivity index (χ3v) is 4.37. The summed E-state index contributed by atoms with van der Waals surface area (Å²) in [6.45, 7) is 0. The Balaban J connectivity index is 1.72. The van der Waals surface area contributed by atoms with Gasteiger partial charge in [-0.15, -0.1) is 10.2 Å². The molecule has 0 atom stereocenters. The minimum atomic E-state index is -4.64. The van der Waals surface area contributed by atoms with E-state index in [9.17, 15) is 18.0 Å². The molecule has 0 unspecified atom stereocenters. The minimum absolute atomic E-state index is 0.0718. The molecule has 9 heteroatoms. The fourth-order valence-corrected chi connectivity index (χ4v) is 3.03. The third-order valence-electron chi connectivity index (χ3n) is 4.14. The number of hydrogen-bond acceptors (Lipinski definition) is 4. The van der Waals surface area contributed by atoms with Crippen LogP contribution in [0.5, 0.6) is 0 Å². The van der Waals surface area contributed by atoms with Crippen molar-refractivity contribution in [3.05, 3.63) is 46.6 Å². The van der Waals surface area contributed by atoms with Crippen molar-refractivity contribution >= 4 is 29.0 Å². The molecular formula is C17H16ClF3N4O. The highest BCUT2D eigenvalue weighted by molar-refractivity contribution is 6.30. The molecule has 1 fully saturated rings. The first kappa shape index (κ1) is 18.4. The zero-order valence-electron chi connectivity index (χ0n) is 13.6. The molecular weight excluding hydrogens is 369 g/mol. The summed E-state index contributed by atoms with van der Waals surface area (Å²) in [6, 6.07) is 6.49. The number of nitrogens with one attached hydrogen (secondary N) is 2. The van der Waals surface area contributed by atoms with E-state index in [0.29, 0.717) is 11.9 Å². The average Bonchev–Trinajstić information content (AvgIpc) is 3.09. The van der Waals surface area contributed by atoms with Crippen molar-refractivity contribution in [2.24, 2.45) is 0 Å². The SMILES string of the molecule is O=C(Nc1ccc(Cl)cc1C(F)(F)F)c1ccc(NC2CCCC2)nn1. The Morgan fingerprint density at radius 2 is 1.85 bits per heavy atom. The van der Waals surface area contributed by atoms with Crippen LogP contribution in [0.3, 0.4) is 0 Å². The van der Waals surface area contributed by atoms with Crippen LogP contribution in [-0.2, 0) is 6.18 Å². The molecule has 0 spiro atoms. The van der Waals surface area contributed by atoms with Gasteiger partial charge < -0.3 is 10.6 Å². The lowest BCUT2D eigenvalue weighted by Crippen LogP contribution is -2.19. The van der Waals surface area contributed by atoms with Crippen molar-refractivity contribution in [3.8, 4) is 0 Å². The van der Waals surface area contributed by atoms with Crippen LogP contribution >= 0.6 is 11.6 Å². The lowest BCUT2D eigenvalue weighted by atomic mass is 10.1. The fraction of sp³-hybridized carbons (Fsp3) is 0.353. The van der Waals surface area contributed by atoms with Gasteiger partial charge in [-0.3, -0.25) is 4.79 Å². The van der Waals surface area contributed by atoms with Gasteiger partial charge in [-0.2, -0.15) is 13.2 Å². The van der Waals surface area contributed by atoms with Crippen molar-refractivity contribution in [2.45, 2.75) is 37.9 Å². The summed E-state index contributed by atoms with van der Waals surface area (Å²) >= 11 is 5.62. The molecule has 2 aromatic rings. The van der Waals surface area contributed by atoms with Gasteiger partial charge >= 0.3 is 6.18 Å². The number of amides is 1. The Hall–Kier alpha value is -2.35. The minimum Gasteiger partial charge on any atom is -0.366 e. The molecule has 5 nitrogen and oxygen atoms in total. The summed E-state index contributed by atoms with van der Waals surface area (Å²) in [5.41, 5.74) is -1.49. The molecule has 1 saturated carbocycles. The number of carbonyl (C=O) groups excluding carboxylic acids is 1. The summed E-state index contributed by atoms with van der Waals surface area (Å²) < 4.78 is 39.2. The highest BCUT2D eigenvalue weighted by atomic mass is 35.5. The zero-order chi connectivity index (χ0) is 18.7. The number of hydrogen-bond donors (Lipinski definition) is 2. The van der Waals surface area contributed by atoms with Crippen molar-refractivity contribution in [2.75, 3.05) is 10.6 Å². The predicted octanol–water partition coefficient (Wildman–Crippen LogP) is 4.76. The average molecular weight is 385 g/mol. The third kappa shape index (κ3) is 4.43. The van der Waals surface area contributed by atoms with Gasteiger partial charge in [0.25, 0.3) is 5.91 Å². The van der Waals surface area contributed by atoms with E-state index in [-0.39, 0.29) is 16.4 Å². The van der Waals surface area contributed by atoms with Gasteiger partial charge in [0, 0.05) is 11.1 Å². The van der Waals surface area contributed by atoms with Crippen LogP contribution in [0.25, 0.3) is 0 Å². The highest BCUT2D eigenvalue weighted by Crippen LogP contribution is 2.36. The fourth-order valence-electron chi connectivity index (χ4n) is 2.86. The number of carbonyl (C=O) groups is 1. The number of halogens is 4. The number of rotatable bonds is 4. The van der Waals surface area contributed by atoms with Crippen LogP contribution in [0, 0.1) is 0 Å². The summed E-state index contributed by atoms with van der Waals surface area (Å²) in [5, 5.41) is 13.1. The number of alkyl halides is 3. The maximum absolute atomic E-state index is 13.1. The number of benzene rings is 1. The first-order chi connectivity index (χ1) is 12.3. The standard InChI is InChI=1S/C17H16ClF3N4O/c18-10-5-6-13(12(9-10)17(19,20)21)23-16(26)14-7-8-15(25-24-14)22-11-3-1-2-4-11/h5-9,11H,1-4H2,(H,22,25)(H,23,26). The predicted molar refractivity (Wildman–Crippen MR) is 92.3 cm³/mol. The Kier molecular flexibility index (Phi) is 5.31.